The number of amides is 1. The zero-order valence-electron chi connectivity index (χ0n) is 11.5. The first-order chi connectivity index (χ1) is 9.70. The van der Waals surface area contributed by atoms with Gasteiger partial charge in [0.2, 0.25) is 5.91 Å². The van der Waals surface area contributed by atoms with E-state index < -0.39 is 0 Å². The number of carbonyl (C=O) groups excluding carboxylic acids is 1. The largest absolute Gasteiger partial charge is 0.395 e. The van der Waals surface area contributed by atoms with Crippen molar-refractivity contribution in [3.8, 4) is 0 Å². The number of halogens is 1. The fourth-order valence-electron chi connectivity index (χ4n) is 2.53. The van der Waals surface area contributed by atoms with Crippen LogP contribution in [0.5, 0.6) is 0 Å². The summed E-state index contributed by atoms with van der Waals surface area (Å²) in [4.78, 5) is 14.1. The van der Waals surface area contributed by atoms with Crippen molar-refractivity contribution in [2.24, 2.45) is 0 Å². The van der Waals surface area contributed by atoms with E-state index in [2.05, 4.69) is 5.32 Å². The van der Waals surface area contributed by atoms with Crippen molar-refractivity contribution < 1.29 is 9.90 Å². The number of benzene rings is 1. The van der Waals surface area contributed by atoms with Crippen LogP contribution in [0, 0.1) is 0 Å². The molecule has 2 N–H and O–H groups in total. The number of aliphatic hydroxyl groups excluding tert-OH is 1. The van der Waals surface area contributed by atoms with E-state index >= 15 is 0 Å². The Kier molecular flexibility index (Phi) is 5.83. The summed E-state index contributed by atoms with van der Waals surface area (Å²) in [6, 6.07) is 7.73. The minimum absolute atomic E-state index is 0.0129. The number of hydrogen-bond acceptors (Lipinski definition) is 3. The molecule has 20 heavy (non-hydrogen) atoms. The highest BCUT2D eigenvalue weighted by molar-refractivity contribution is 6.31. The van der Waals surface area contributed by atoms with Gasteiger partial charge in [0.25, 0.3) is 0 Å². The van der Waals surface area contributed by atoms with Gasteiger partial charge in [0.15, 0.2) is 0 Å². The van der Waals surface area contributed by atoms with Crippen LogP contribution in [0.3, 0.4) is 0 Å². The summed E-state index contributed by atoms with van der Waals surface area (Å²) >= 11 is 6.09. The molecule has 1 aromatic carbocycles. The smallest absolute Gasteiger partial charge is 0.227 e. The predicted molar refractivity (Wildman–Crippen MR) is 79.8 cm³/mol. The van der Waals surface area contributed by atoms with E-state index in [1.807, 2.05) is 18.2 Å². The highest BCUT2D eigenvalue weighted by Gasteiger charge is 2.21. The monoisotopic (exact) mass is 296 g/mol. The normalized spacial score (nSPS) is 18.2. The number of nitrogens with zero attached hydrogens (tertiary/aromatic N) is 1. The van der Waals surface area contributed by atoms with Crippen LogP contribution in [0.1, 0.15) is 18.4 Å². The second-order valence-electron chi connectivity index (χ2n) is 5.12. The Balaban J connectivity index is 1.97. The first-order valence-electron chi connectivity index (χ1n) is 7.06. The molecule has 1 unspecified atom stereocenters. The molecule has 1 heterocycles. The van der Waals surface area contributed by atoms with Gasteiger partial charge < -0.3 is 15.3 Å². The van der Waals surface area contributed by atoms with Gasteiger partial charge in [-0.25, -0.2) is 0 Å². The van der Waals surface area contributed by atoms with E-state index in [9.17, 15) is 4.79 Å². The molecule has 110 valence electrons. The molecule has 0 bridgehead atoms. The summed E-state index contributed by atoms with van der Waals surface area (Å²) in [6.07, 6.45) is 2.52. The van der Waals surface area contributed by atoms with Crippen LogP contribution in [0.4, 0.5) is 0 Å². The van der Waals surface area contributed by atoms with E-state index in [-0.39, 0.29) is 18.9 Å². The highest BCUT2D eigenvalue weighted by atomic mass is 35.5. The third kappa shape index (κ3) is 4.20. The maximum Gasteiger partial charge on any atom is 0.227 e. The van der Waals surface area contributed by atoms with Gasteiger partial charge in [0.05, 0.1) is 13.0 Å². The molecule has 0 radical (unpaired) electrons. The van der Waals surface area contributed by atoms with Gasteiger partial charge in [-0.1, -0.05) is 29.8 Å². The Labute approximate surface area is 124 Å². The lowest BCUT2D eigenvalue weighted by atomic mass is 10.1. The zero-order valence-corrected chi connectivity index (χ0v) is 12.3. The summed E-state index contributed by atoms with van der Waals surface area (Å²) in [5.74, 6) is 0.0147. The third-order valence-corrected chi connectivity index (χ3v) is 3.99. The molecule has 1 atom stereocenters. The second-order valence-corrected chi connectivity index (χ2v) is 5.53. The molecule has 2 rings (SSSR count). The minimum atomic E-state index is -0.0129. The molecule has 5 heteroatoms. The van der Waals surface area contributed by atoms with Gasteiger partial charge in [-0.3, -0.25) is 4.79 Å². The summed E-state index contributed by atoms with van der Waals surface area (Å²) in [5, 5.41) is 13.1. The summed E-state index contributed by atoms with van der Waals surface area (Å²) in [5.41, 5.74) is 0.835. The Morgan fingerprint density at radius 3 is 2.90 bits per heavy atom. The lowest BCUT2D eigenvalue weighted by Crippen LogP contribution is -2.43. The fraction of sp³-hybridized carbons (Fsp3) is 0.533. The van der Waals surface area contributed by atoms with Crippen molar-refractivity contribution in [3.63, 3.8) is 0 Å². The van der Waals surface area contributed by atoms with Gasteiger partial charge in [-0.15, -0.1) is 0 Å². The topological polar surface area (TPSA) is 52.6 Å². The molecule has 1 saturated heterocycles. The van der Waals surface area contributed by atoms with E-state index in [0.29, 0.717) is 24.2 Å². The SMILES string of the molecule is O=C(Cc1ccccc1Cl)N(CCO)CC1CCCN1. The van der Waals surface area contributed by atoms with Gasteiger partial charge in [0.1, 0.15) is 0 Å². The van der Waals surface area contributed by atoms with Gasteiger partial charge in [-0.2, -0.15) is 0 Å². The molecule has 0 aromatic heterocycles. The number of aliphatic hydroxyl groups is 1. The van der Waals surface area contributed by atoms with Crippen molar-refractivity contribution in [1.29, 1.82) is 0 Å². The average Bonchev–Trinajstić information content (AvgIpc) is 2.94. The van der Waals surface area contributed by atoms with Crippen molar-refractivity contribution >= 4 is 17.5 Å². The zero-order chi connectivity index (χ0) is 14.4. The number of rotatable bonds is 6. The highest BCUT2D eigenvalue weighted by Crippen LogP contribution is 2.16. The number of nitrogens with one attached hydrogen (secondary N) is 1. The molecule has 0 spiro atoms. The standard InChI is InChI=1S/C15H21ClN2O2/c16-14-6-2-1-4-12(14)10-15(20)18(8-9-19)11-13-5-3-7-17-13/h1-2,4,6,13,17,19H,3,5,7-11H2. The van der Waals surface area contributed by atoms with E-state index in [4.69, 9.17) is 16.7 Å². The lowest BCUT2D eigenvalue weighted by molar-refractivity contribution is -0.131. The van der Waals surface area contributed by atoms with Crippen LogP contribution < -0.4 is 5.32 Å². The maximum absolute atomic E-state index is 12.4. The van der Waals surface area contributed by atoms with Gasteiger partial charge in [0, 0.05) is 24.2 Å². The maximum atomic E-state index is 12.4. The Morgan fingerprint density at radius 2 is 2.25 bits per heavy atom. The molecule has 4 nitrogen and oxygen atoms in total. The third-order valence-electron chi connectivity index (χ3n) is 3.63. The number of hydrogen-bond donors (Lipinski definition) is 2. The van der Waals surface area contributed by atoms with Crippen molar-refractivity contribution in [3.05, 3.63) is 34.9 Å². The first kappa shape index (κ1) is 15.3. The first-order valence-corrected chi connectivity index (χ1v) is 7.44. The van der Waals surface area contributed by atoms with Crippen LogP contribution in [0.2, 0.25) is 5.02 Å². The molecule has 1 aromatic rings. The predicted octanol–water partition coefficient (Wildman–Crippen LogP) is 1.46. The van der Waals surface area contributed by atoms with Crippen LogP contribution in [0.25, 0.3) is 0 Å². The average molecular weight is 297 g/mol. The summed E-state index contributed by atoms with van der Waals surface area (Å²) in [7, 11) is 0. The Bertz CT molecular complexity index is 447. The van der Waals surface area contributed by atoms with E-state index in [1.54, 1.807) is 11.0 Å². The Hall–Kier alpha value is -1.10. The van der Waals surface area contributed by atoms with Crippen LogP contribution >= 0.6 is 11.6 Å². The minimum Gasteiger partial charge on any atom is -0.395 e. The Morgan fingerprint density at radius 1 is 1.45 bits per heavy atom. The van der Waals surface area contributed by atoms with Gasteiger partial charge in [-0.05, 0) is 31.0 Å². The van der Waals surface area contributed by atoms with Crippen LogP contribution in [0.15, 0.2) is 24.3 Å². The molecule has 1 fully saturated rings. The molecule has 0 aliphatic carbocycles. The van der Waals surface area contributed by atoms with Crippen molar-refractivity contribution in [2.45, 2.75) is 25.3 Å². The molecular weight excluding hydrogens is 276 g/mol. The molecule has 1 amide bonds. The van der Waals surface area contributed by atoms with E-state index in [1.165, 1.54) is 0 Å². The van der Waals surface area contributed by atoms with Crippen molar-refractivity contribution in [1.82, 2.24) is 10.2 Å². The molecule has 0 saturated carbocycles. The molecule has 1 aliphatic rings. The van der Waals surface area contributed by atoms with Crippen LogP contribution in [-0.4, -0.2) is 48.2 Å². The van der Waals surface area contributed by atoms with Crippen molar-refractivity contribution in [2.75, 3.05) is 26.2 Å². The second kappa shape index (κ2) is 7.62. The lowest BCUT2D eigenvalue weighted by Gasteiger charge is -2.25. The fourth-order valence-corrected chi connectivity index (χ4v) is 2.74. The number of carbonyl (C=O) groups is 1. The molecular formula is C15H21ClN2O2. The van der Waals surface area contributed by atoms with Crippen LogP contribution in [-0.2, 0) is 11.2 Å². The summed E-state index contributed by atoms with van der Waals surface area (Å²) < 4.78 is 0. The van der Waals surface area contributed by atoms with Gasteiger partial charge >= 0.3 is 0 Å². The quantitative estimate of drug-likeness (QED) is 0.835. The summed E-state index contributed by atoms with van der Waals surface area (Å²) in [6.45, 7) is 2.03. The van der Waals surface area contributed by atoms with E-state index in [0.717, 1.165) is 24.9 Å². The molecule has 1 aliphatic heterocycles.